The maximum absolute atomic E-state index is 12.9. The average molecular weight is 367 g/mol. The standard InChI is InChI=1S/C19H21N5O3/c1-12-8-14(22-27-12)11-20-19(25)15-9-13(16-4-5-21-24(16)3)10-17-18(15)26-7-6-23(17)2/h4-5,8-10H,6-7,11H2,1-3H3,(H,20,25). The van der Waals surface area contributed by atoms with Crippen LogP contribution < -0.4 is 15.0 Å². The number of carbonyl (C=O) groups excluding carboxylic acids is 1. The van der Waals surface area contributed by atoms with Gasteiger partial charge in [-0.3, -0.25) is 9.48 Å². The number of rotatable bonds is 4. The molecule has 0 spiro atoms. The fourth-order valence-electron chi connectivity index (χ4n) is 3.19. The van der Waals surface area contributed by atoms with Crippen LogP contribution in [-0.4, -0.2) is 41.0 Å². The van der Waals surface area contributed by atoms with Gasteiger partial charge in [-0.15, -0.1) is 0 Å². The van der Waals surface area contributed by atoms with E-state index in [9.17, 15) is 4.79 Å². The van der Waals surface area contributed by atoms with Crippen LogP contribution in [0.5, 0.6) is 5.75 Å². The average Bonchev–Trinajstić information content (AvgIpc) is 3.27. The fraction of sp³-hybridized carbons (Fsp3) is 0.316. The number of carbonyl (C=O) groups is 1. The minimum atomic E-state index is -0.216. The Labute approximate surface area is 156 Å². The third-order valence-electron chi connectivity index (χ3n) is 4.62. The zero-order valence-corrected chi connectivity index (χ0v) is 15.5. The SMILES string of the molecule is Cc1cc(CNC(=O)c2cc(-c3ccnn3C)cc3c2OCCN3C)no1. The molecule has 1 aliphatic heterocycles. The van der Waals surface area contributed by atoms with Gasteiger partial charge in [0.2, 0.25) is 0 Å². The van der Waals surface area contributed by atoms with Crippen LogP contribution in [0.1, 0.15) is 21.8 Å². The predicted molar refractivity (Wildman–Crippen MR) is 99.8 cm³/mol. The van der Waals surface area contributed by atoms with Crippen molar-refractivity contribution >= 4 is 11.6 Å². The molecule has 8 nitrogen and oxygen atoms in total. The Morgan fingerprint density at radius 1 is 1.30 bits per heavy atom. The first-order valence-electron chi connectivity index (χ1n) is 8.73. The largest absolute Gasteiger partial charge is 0.489 e. The third kappa shape index (κ3) is 3.25. The zero-order valence-electron chi connectivity index (χ0n) is 15.5. The highest BCUT2D eigenvalue weighted by molar-refractivity contribution is 6.00. The maximum Gasteiger partial charge on any atom is 0.255 e. The number of anilines is 1. The van der Waals surface area contributed by atoms with Gasteiger partial charge in [0.15, 0.2) is 5.75 Å². The van der Waals surface area contributed by atoms with Gasteiger partial charge in [0.05, 0.1) is 30.0 Å². The van der Waals surface area contributed by atoms with Gasteiger partial charge in [-0.1, -0.05) is 5.16 Å². The number of amides is 1. The summed E-state index contributed by atoms with van der Waals surface area (Å²) in [6.45, 7) is 3.41. The Balaban J connectivity index is 1.70. The molecule has 0 saturated carbocycles. The molecule has 0 bridgehead atoms. The topological polar surface area (TPSA) is 85.4 Å². The molecule has 8 heteroatoms. The molecule has 3 aromatic rings. The van der Waals surface area contributed by atoms with Gasteiger partial charge in [0.25, 0.3) is 5.91 Å². The van der Waals surface area contributed by atoms with Crippen molar-refractivity contribution < 1.29 is 14.1 Å². The predicted octanol–water partition coefficient (Wildman–Crippen LogP) is 2.14. The lowest BCUT2D eigenvalue weighted by atomic mass is 10.0. The zero-order chi connectivity index (χ0) is 19.0. The van der Waals surface area contributed by atoms with E-state index in [0.29, 0.717) is 29.4 Å². The van der Waals surface area contributed by atoms with E-state index in [1.807, 2.05) is 39.2 Å². The van der Waals surface area contributed by atoms with Crippen LogP contribution in [0.2, 0.25) is 0 Å². The molecular formula is C19H21N5O3. The van der Waals surface area contributed by atoms with Crippen LogP contribution in [0, 0.1) is 6.92 Å². The van der Waals surface area contributed by atoms with Crippen LogP contribution in [0.3, 0.4) is 0 Å². The van der Waals surface area contributed by atoms with Crippen molar-refractivity contribution in [2.24, 2.45) is 7.05 Å². The second kappa shape index (κ2) is 6.79. The fourth-order valence-corrected chi connectivity index (χ4v) is 3.19. The van der Waals surface area contributed by atoms with E-state index < -0.39 is 0 Å². The lowest BCUT2D eigenvalue weighted by Gasteiger charge is -2.29. The molecule has 0 saturated heterocycles. The molecule has 0 aliphatic carbocycles. The summed E-state index contributed by atoms with van der Waals surface area (Å²) in [4.78, 5) is 15.0. The number of nitrogens with zero attached hydrogens (tertiary/aromatic N) is 4. The smallest absolute Gasteiger partial charge is 0.255 e. The third-order valence-corrected chi connectivity index (χ3v) is 4.62. The van der Waals surface area contributed by atoms with Crippen LogP contribution in [0.4, 0.5) is 5.69 Å². The van der Waals surface area contributed by atoms with Crippen LogP contribution >= 0.6 is 0 Å². The van der Waals surface area contributed by atoms with Crippen molar-refractivity contribution in [3.8, 4) is 17.0 Å². The first kappa shape index (κ1) is 17.1. The molecule has 0 unspecified atom stereocenters. The molecule has 1 amide bonds. The Hall–Kier alpha value is -3.29. The van der Waals surface area contributed by atoms with Crippen LogP contribution in [0.25, 0.3) is 11.3 Å². The van der Waals surface area contributed by atoms with Gasteiger partial charge < -0.3 is 19.5 Å². The van der Waals surface area contributed by atoms with Crippen molar-refractivity contribution in [2.75, 3.05) is 25.1 Å². The lowest BCUT2D eigenvalue weighted by molar-refractivity contribution is 0.0946. The quantitative estimate of drug-likeness (QED) is 0.760. The molecule has 3 heterocycles. The van der Waals surface area contributed by atoms with E-state index >= 15 is 0 Å². The van der Waals surface area contributed by atoms with Crippen molar-refractivity contribution in [1.29, 1.82) is 0 Å². The Kier molecular flexibility index (Phi) is 4.31. The molecular weight excluding hydrogens is 346 g/mol. The van der Waals surface area contributed by atoms with Gasteiger partial charge in [-0.25, -0.2) is 0 Å². The normalized spacial score (nSPS) is 13.2. The van der Waals surface area contributed by atoms with Crippen LogP contribution in [-0.2, 0) is 13.6 Å². The molecule has 140 valence electrons. The van der Waals surface area contributed by atoms with Gasteiger partial charge in [0.1, 0.15) is 18.1 Å². The number of nitrogens with one attached hydrogen (secondary N) is 1. The number of hydrogen-bond acceptors (Lipinski definition) is 6. The maximum atomic E-state index is 12.9. The number of aryl methyl sites for hydroxylation is 2. The summed E-state index contributed by atoms with van der Waals surface area (Å²) < 4.78 is 12.7. The highest BCUT2D eigenvalue weighted by Gasteiger charge is 2.24. The molecule has 2 aromatic heterocycles. The first-order chi connectivity index (χ1) is 13.0. The van der Waals surface area contributed by atoms with E-state index in [1.54, 1.807) is 16.9 Å². The highest BCUT2D eigenvalue weighted by Crippen LogP contribution is 2.38. The molecule has 0 fully saturated rings. The second-order valence-electron chi connectivity index (χ2n) is 6.59. The van der Waals surface area contributed by atoms with Gasteiger partial charge in [-0.05, 0) is 25.1 Å². The number of benzene rings is 1. The number of likely N-dealkylation sites (N-methyl/N-ethyl adjacent to an activating group) is 1. The summed E-state index contributed by atoms with van der Waals surface area (Å²) >= 11 is 0. The van der Waals surface area contributed by atoms with Crippen molar-refractivity contribution in [3.63, 3.8) is 0 Å². The van der Waals surface area contributed by atoms with Crippen molar-refractivity contribution in [1.82, 2.24) is 20.3 Å². The summed E-state index contributed by atoms with van der Waals surface area (Å²) in [6.07, 6.45) is 1.74. The molecule has 4 rings (SSSR count). The van der Waals surface area contributed by atoms with Crippen LogP contribution in [0.15, 0.2) is 35.0 Å². The molecule has 1 aliphatic rings. The highest BCUT2D eigenvalue weighted by atomic mass is 16.5. The number of ether oxygens (including phenoxy) is 1. The second-order valence-corrected chi connectivity index (χ2v) is 6.59. The number of fused-ring (bicyclic) bond motifs is 1. The number of aromatic nitrogens is 3. The van der Waals surface area contributed by atoms with Crippen molar-refractivity contribution in [3.05, 3.63) is 47.5 Å². The first-order valence-corrected chi connectivity index (χ1v) is 8.73. The molecule has 1 N–H and O–H groups in total. The van der Waals surface area contributed by atoms with E-state index in [2.05, 4.69) is 20.5 Å². The summed E-state index contributed by atoms with van der Waals surface area (Å²) in [5, 5.41) is 11.0. The van der Waals surface area contributed by atoms with Gasteiger partial charge >= 0.3 is 0 Å². The summed E-state index contributed by atoms with van der Waals surface area (Å²) in [5.41, 5.74) is 3.90. The monoisotopic (exact) mass is 367 g/mol. The minimum absolute atomic E-state index is 0.216. The van der Waals surface area contributed by atoms with E-state index in [0.717, 1.165) is 23.5 Å². The molecule has 1 aromatic carbocycles. The number of hydrogen-bond donors (Lipinski definition) is 1. The van der Waals surface area contributed by atoms with E-state index in [4.69, 9.17) is 9.26 Å². The molecule has 0 atom stereocenters. The summed E-state index contributed by atoms with van der Waals surface area (Å²) in [7, 11) is 3.87. The van der Waals surface area contributed by atoms with E-state index in [1.165, 1.54) is 0 Å². The Bertz CT molecular complexity index is 991. The Morgan fingerprint density at radius 2 is 2.15 bits per heavy atom. The minimum Gasteiger partial charge on any atom is -0.489 e. The van der Waals surface area contributed by atoms with Crippen molar-refractivity contribution in [2.45, 2.75) is 13.5 Å². The lowest BCUT2D eigenvalue weighted by Crippen LogP contribution is -2.31. The summed E-state index contributed by atoms with van der Waals surface area (Å²) in [6, 6.07) is 7.60. The van der Waals surface area contributed by atoms with E-state index in [-0.39, 0.29) is 12.5 Å². The van der Waals surface area contributed by atoms with Gasteiger partial charge in [0, 0.05) is 31.9 Å². The summed E-state index contributed by atoms with van der Waals surface area (Å²) in [5.74, 6) is 1.09. The Morgan fingerprint density at radius 3 is 2.85 bits per heavy atom. The molecule has 27 heavy (non-hydrogen) atoms. The molecule has 0 radical (unpaired) electrons. The van der Waals surface area contributed by atoms with Gasteiger partial charge in [-0.2, -0.15) is 5.10 Å².